The molecule has 0 aliphatic carbocycles. The summed E-state index contributed by atoms with van der Waals surface area (Å²) in [6.07, 6.45) is 0.735. The summed E-state index contributed by atoms with van der Waals surface area (Å²) in [6, 6.07) is 10.7. The van der Waals surface area contributed by atoms with E-state index in [1.54, 1.807) is 30.3 Å². The van der Waals surface area contributed by atoms with E-state index in [0.717, 1.165) is 17.1 Å². The van der Waals surface area contributed by atoms with Crippen LogP contribution in [-0.4, -0.2) is 32.5 Å². The average molecular weight is 460 g/mol. The number of hydrogen-bond acceptors (Lipinski definition) is 7. The Morgan fingerprint density at radius 3 is 2.55 bits per heavy atom. The van der Waals surface area contributed by atoms with Gasteiger partial charge in [0.15, 0.2) is 11.5 Å². The molecular formula is C21H21N3O5S2. The summed E-state index contributed by atoms with van der Waals surface area (Å²) in [5.41, 5.74) is 1.69. The van der Waals surface area contributed by atoms with Crippen molar-refractivity contribution in [1.29, 1.82) is 0 Å². The van der Waals surface area contributed by atoms with Gasteiger partial charge >= 0.3 is 0 Å². The predicted octanol–water partition coefficient (Wildman–Crippen LogP) is 3.34. The van der Waals surface area contributed by atoms with Crippen LogP contribution in [0.25, 0.3) is 0 Å². The Kier molecular flexibility index (Phi) is 6.10. The smallest absolute Gasteiger partial charge is 0.262 e. The van der Waals surface area contributed by atoms with E-state index in [4.69, 9.17) is 9.47 Å². The maximum Gasteiger partial charge on any atom is 0.262 e. The summed E-state index contributed by atoms with van der Waals surface area (Å²) >= 11 is 1.48. The summed E-state index contributed by atoms with van der Waals surface area (Å²) in [6.45, 7) is 3.24. The number of sulfonamides is 1. The van der Waals surface area contributed by atoms with Crippen LogP contribution in [0.3, 0.4) is 0 Å². The highest BCUT2D eigenvalue weighted by molar-refractivity contribution is 7.92. The van der Waals surface area contributed by atoms with Gasteiger partial charge in [0.05, 0.1) is 24.7 Å². The zero-order valence-electron chi connectivity index (χ0n) is 16.8. The van der Waals surface area contributed by atoms with Crippen molar-refractivity contribution in [3.8, 4) is 11.5 Å². The van der Waals surface area contributed by atoms with Crippen molar-refractivity contribution in [2.24, 2.45) is 0 Å². The first-order valence-electron chi connectivity index (χ1n) is 9.62. The third kappa shape index (κ3) is 5.15. The Labute approximate surface area is 184 Å². The lowest BCUT2D eigenvalue weighted by atomic mass is 10.2. The number of benzene rings is 2. The van der Waals surface area contributed by atoms with E-state index in [1.165, 1.54) is 23.5 Å². The van der Waals surface area contributed by atoms with Gasteiger partial charge in [-0.25, -0.2) is 13.4 Å². The Morgan fingerprint density at radius 2 is 1.84 bits per heavy atom. The van der Waals surface area contributed by atoms with Gasteiger partial charge in [-0.2, -0.15) is 0 Å². The van der Waals surface area contributed by atoms with Crippen molar-refractivity contribution in [3.05, 3.63) is 64.1 Å². The fourth-order valence-corrected chi connectivity index (χ4v) is 4.74. The molecule has 3 aromatic rings. The predicted molar refractivity (Wildman–Crippen MR) is 117 cm³/mol. The fourth-order valence-electron chi connectivity index (χ4n) is 2.96. The number of aromatic nitrogens is 1. The minimum absolute atomic E-state index is 0.0670. The normalized spacial score (nSPS) is 13.3. The van der Waals surface area contributed by atoms with Gasteiger partial charge in [0.25, 0.3) is 15.9 Å². The molecule has 0 unspecified atom stereocenters. The molecule has 2 aromatic carbocycles. The summed E-state index contributed by atoms with van der Waals surface area (Å²) in [5.74, 6) is 0.674. The zero-order valence-corrected chi connectivity index (χ0v) is 18.4. The number of rotatable bonds is 6. The number of carbonyl (C=O) groups is 1. The van der Waals surface area contributed by atoms with Gasteiger partial charge in [0.1, 0.15) is 5.01 Å². The van der Waals surface area contributed by atoms with Gasteiger partial charge in [-0.3, -0.25) is 9.52 Å². The van der Waals surface area contributed by atoms with E-state index < -0.39 is 10.0 Å². The van der Waals surface area contributed by atoms with E-state index in [0.29, 0.717) is 42.5 Å². The number of nitrogens with zero attached hydrogens (tertiary/aromatic N) is 1. The second-order valence-electron chi connectivity index (χ2n) is 6.91. The number of aryl methyl sites for hydroxylation is 1. The van der Waals surface area contributed by atoms with Crippen molar-refractivity contribution in [3.63, 3.8) is 0 Å². The third-order valence-electron chi connectivity index (χ3n) is 4.50. The average Bonchev–Trinajstić information content (AvgIpc) is 3.03. The first-order chi connectivity index (χ1) is 14.9. The van der Waals surface area contributed by atoms with Gasteiger partial charge in [0.2, 0.25) is 0 Å². The molecule has 4 rings (SSSR count). The van der Waals surface area contributed by atoms with Crippen LogP contribution in [0.1, 0.15) is 27.5 Å². The number of amides is 1. The first-order valence-corrected chi connectivity index (χ1v) is 12.0. The van der Waals surface area contributed by atoms with Crippen LogP contribution in [0.5, 0.6) is 11.5 Å². The Bertz CT molecular complexity index is 1190. The van der Waals surface area contributed by atoms with Crippen molar-refractivity contribution in [1.82, 2.24) is 10.3 Å². The Morgan fingerprint density at radius 1 is 1.10 bits per heavy atom. The molecule has 8 nitrogen and oxygen atoms in total. The quantitative estimate of drug-likeness (QED) is 0.586. The van der Waals surface area contributed by atoms with Crippen molar-refractivity contribution in [2.45, 2.75) is 24.8 Å². The van der Waals surface area contributed by atoms with Crippen LogP contribution in [0.2, 0.25) is 0 Å². The molecule has 162 valence electrons. The molecule has 0 spiro atoms. The minimum Gasteiger partial charge on any atom is -0.490 e. The van der Waals surface area contributed by atoms with Gasteiger partial charge in [0, 0.05) is 34.8 Å². The Balaban J connectivity index is 1.42. The SMILES string of the molecule is Cc1csc(CNC(=O)c2ccc(NS(=O)(=O)c3ccc4c(c3)OCCCO4)cc2)n1. The number of fused-ring (bicyclic) bond motifs is 1. The number of ether oxygens (including phenoxy) is 2. The maximum absolute atomic E-state index is 12.8. The number of thiazole rings is 1. The molecule has 1 aromatic heterocycles. The van der Waals surface area contributed by atoms with E-state index in [2.05, 4.69) is 15.0 Å². The van der Waals surface area contributed by atoms with E-state index in [-0.39, 0.29) is 10.8 Å². The molecule has 1 aliphatic rings. The molecule has 31 heavy (non-hydrogen) atoms. The molecule has 2 N–H and O–H groups in total. The molecule has 0 saturated heterocycles. The highest BCUT2D eigenvalue weighted by Gasteiger charge is 2.19. The summed E-state index contributed by atoms with van der Waals surface area (Å²) in [5, 5.41) is 5.55. The number of hydrogen-bond donors (Lipinski definition) is 2. The largest absolute Gasteiger partial charge is 0.490 e. The van der Waals surface area contributed by atoms with Crippen molar-refractivity contribution in [2.75, 3.05) is 17.9 Å². The molecular weight excluding hydrogens is 438 g/mol. The van der Waals surface area contributed by atoms with E-state index in [9.17, 15) is 13.2 Å². The molecule has 0 fully saturated rings. The van der Waals surface area contributed by atoms with Crippen LogP contribution in [0.4, 0.5) is 5.69 Å². The Hall–Kier alpha value is -3.11. The van der Waals surface area contributed by atoms with Crippen LogP contribution < -0.4 is 19.5 Å². The monoisotopic (exact) mass is 459 g/mol. The topological polar surface area (TPSA) is 107 Å². The van der Waals surface area contributed by atoms with Gasteiger partial charge < -0.3 is 14.8 Å². The minimum atomic E-state index is -3.83. The molecule has 0 radical (unpaired) electrons. The molecule has 0 atom stereocenters. The van der Waals surface area contributed by atoms with Crippen molar-refractivity contribution < 1.29 is 22.7 Å². The number of anilines is 1. The third-order valence-corrected chi connectivity index (χ3v) is 6.84. The van der Waals surface area contributed by atoms with Gasteiger partial charge in [-0.05, 0) is 43.3 Å². The zero-order chi connectivity index (χ0) is 21.8. The molecule has 1 aliphatic heterocycles. The standard InChI is InChI=1S/C21H21N3O5S2/c1-14-13-30-20(23-14)12-22-21(25)15-3-5-16(6-4-15)24-31(26,27)17-7-8-18-19(11-17)29-10-2-9-28-18/h3-8,11,13,24H,2,9-10,12H2,1H3,(H,22,25). The highest BCUT2D eigenvalue weighted by atomic mass is 32.2. The lowest BCUT2D eigenvalue weighted by Crippen LogP contribution is -2.22. The molecule has 0 saturated carbocycles. The lowest BCUT2D eigenvalue weighted by molar-refractivity contribution is 0.0951. The van der Waals surface area contributed by atoms with Crippen LogP contribution in [0.15, 0.2) is 52.7 Å². The summed E-state index contributed by atoms with van der Waals surface area (Å²) in [4.78, 5) is 16.7. The molecule has 2 heterocycles. The van der Waals surface area contributed by atoms with E-state index >= 15 is 0 Å². The summed E-state index contributed by atoms with van der Waals surface area (Å²) in [7, 11) is -3.83. The van der Waals surface area contributed by atoms with E-state index in [1.807, 2.05) is 12.3 Å². The number of nitrogens with one attached hydrogen (secondary N) is 2. The van der Waals surface area contributed by atoms with Crippen LogP contribution >= 0.6 is 11.3 Å². The second kappa shape index (κ2) is 8.94. The highest BCUT2D eigenvalue weighted by Crippen LogP contribution is 2.32. The molecule has 10 heteroatoms. The second-order valence-corrected chi connectivity index (χ2v) is 9.53. The first kappa shape index (κ1) is 21.1. The maximum atomic E-state index is 12.8. The fraction of sp³-hybridized carbons (Fsp3) is 0.238. The van der Waals surface area contributed by atoms with Gasteiger partial charge in [-0.1, -0.05) is 0 Å². The number of carbonyl (C=O) groups excluding carboxylic acids is 1. The summed E-state index contributed by atoms with van der Waals surface area (Å²) < 4.78 is 39.1. The lowest BCUT2D eigenvalue weighted by Gasteiger charge is -2.12. The van der Waals surface area contributed by atoms with Crippen LogP contribution in [-0.2, 0) is 16.6 Å². The molecule has 0 bridgehead atoms. The van der Waals surface area contributed by atoms with Gasteiger partial charge in [-0.15, -0.1) is 11.3 Å². The van der Waals surface area contributed by atoms with Crippen molar-refractivity contribution >= 4 is 33.0 Å². The van der Waals surface area contributed by atoms with Crippen LogP contribution in [0, 0.1) is 6.92 Å². The molecule has 1 amide bonds.